The van der Waals surface area contributed by atoms with E-state index in [0.29, 0.717) is 13.1 Å². The van der Waals surface area contributed by atoms with Crippen LogP contribution in [-0.4, -0.2) is 55.2 Å². The van der Waals surface area contributed by atoms with E-state index >= 15 is 0 Å². The minimum absolute atomic E-state index is 0.0865. The molecule has 0 unspecified atom stereocenters. The number of ether oxygens (including phenoxy) is 1. The van der Waals surface area contributed by atoms with E-state index in [2.05, 4.69) is 15.2 Å². The quantitative estimate of drug-likeness (QED) is 0.813. The number of hydrogen-bond donors (Lipinski definition) is 1. The molecule has 1 amide bonds. The van der Waals surface area contributed by atoms with E-state index in [4.69, 9.17) is 4.74 Å². The largest absolute Gasteiger partial charge is 0.379 e. The van der Waals surface area contributed by atoms with E-state index in [1.165, 1.54) is 0 Å². The van der Waals surface area contributed by atoms with Crippen molar-refractivity contribution in [3.63, 3.8) is 0 Å². The average molecular weight is 255 g/mol. The molecule has 5 nitrogen and oxygen atoms in total. The van der Waals surface area contributed by atoms with Gasteiger partial charge >= 0.3 is 0 Å². The molecule has 6 heteroatoms. The molecule has 0 atom stereocenters. The molecule has 0 aromatic carbocycles. The van der Waals surface area contributed by atoms with E-state index in [1.807, 2.05) is 5.38 Å². The van der Waals surface area contributed by atoms with Crippen molar-refractivity contribution < 1.29 is 9.53 Å². The van der Waals surface area contributed by atoms with Crippen LogP contribution in [0.15, 0.2) is 11.6 Å². The van der Waals surface area contributed by atoms with E-state index < -0.39 is 0 Å². The number of thiazole rings is 1. The maximum atomic E-state index is 11.6. The van der Waals surface area contributed by atoms with Crippen LogP contribution in [0.25, 0.3) is 0 Å². The van der Waals surface area contributed by atoms with Gasteiger partial charge in [-0.15, -0.1) is 11.3 Å². The fourth-order valence-electron chi connectivity index (χ4n) is 1.70. The Labute approximate surface area is 105 Å². The summed E-state index contributed by atoms with van der Waals surface area (Å²) in [5.74, 6) is 0.0865. The lowest BCUT2D eigenvalue weighted by Gasteiger charge is -2.25. The molecule has 1 fully saturated rings. The van der Waals surface area contributed by atoms with Crippen molar-refractivity contribution in [3.05, 3.63) is 16.6 Å². The minimum atomic E-state index is 0.0865. The Balaban J connectivity index is 1.60. The summed E-state index contributed by atoms with van der Waals surface area (Å²) in [5, 5.41) is 5.93. The fraction of sp³-hybridized carbons (Fsp3) is 0.636. The molecule has 1 aliphatic rings. The van der Waals surface area contributed by atoms with E-state index in [-0.39, 0.29) is 5.91 Å². The molecule has 1 aliphatic heterocycles. The highest BCUT2D eigenvalue weighted by molar-refractivity contribution is 7.09. The second-order valence-corrected chi connectivity index (χ2v) is 4.89. The highest BCUT2D eigenvalue weighted by Gasteiger charge is 2.13. The lowest BCUT2D eigenvalue weighted by molar-refractivity contribution is -0.123. The zero-order chi connectivity index (χ0) is 11.9. The zero-order valence-electron chi connectivity index (χ0n) is 9.72. The van der Waals surface area contributed by atoms with Crippen LogP contribution in [0.5, 0.6) is 0 Å². The molecule has 0 bridgehead atoms. The molecule has 17 heavy (non-hydrogen) atoms. The normalized spacial score (nSPS) is 16.9. The molecule has 0 aliphatic carbocycles. The Bertz CT molecular complexity index is 336. The van der Waals surface area contributed by atoms with Crippen molar-refractivity contribution in [2.75, 3.05) is 39.4 Å². The summed E-state index contributed by atoms with van der Waals surface area (Å²) in [7, 11) is 0. The summed E-state index contributed by atoms with van der Waals surface area (Å²) in [6.07, 6.45) is 2.60. The van der Waals surface area contributed by atoms with Gasteiger partial charge < -0.3 is 10.1 Å². The first-order valence-electron chi connectivity index (χ1n) is 5.80. The van der Waals surface area contributed by atoms with E-state index in [1.54, 1.807) is 17.5 Å². The molecule has 0 radical (unpaired) electrons. The Morgan fingerprint density at radius 2 is 2.35 bits per heavy atom. The molecule has 94 valence electrons. The monoisotopic (exact) mass is 255 g/mol. The number of carbonyl (C=O) groups is 1. The third kappa shape index (κ3) is 4.41. The van der Waals surface area contributed by atoms with Gasteiger partial charge in [-0.1, -0.05) is 0 Å². The van der Waals surface area contributed by atoms with Gasteiger partial charge in [0.05, 0.1) is 24.8 Å². The molecule has 1 N–H and O–H groups in total. The van der Waals surface area contributed by atoms with Crippen molar-refractivity contribution in [1.82, 2.24) is 15.2 Å². The lowest BCUT2D eigenvalue weighted by Crippen LogP contribution is -2.43. The molecular formula is C11H17N3O2S. The highest BCUT2D eigenvalue weighted by Crippen LogP contribution is 2.03. The number of aromatic nitrogens is 1. The Morgan fingerprint density at radius 1 is 1.53 bits per heavy atom. The minimum Gasteiger partial charge on any atom is -0.379 e. The Hall–Kier alpha value is -0.980. The topological polar surface area (TPSA) is 54.5 Å². The zero-order valence-corrected chi connectivity index (χ0v) is 10.5. The van der Waals surface area contributed by atoms with Crippen molar-refractivity contribution in [2.24, 2.45) is 0 Å². The first kappa shape index (κ1) is 12.5. The predicted molar refractivity (Wildman–Crippen MR) is 66.1 cm³/mol. The van der Waals surface area contributed by atoms with Crippen molar-refractivity contribution in [3.8, 4) is 0 Å². The number of carbonyl (C=O) groups excluding carboxylic acids is 1. The second kappa shape index (κ2) is 6.68. The SMILES string of the molecule is O=C(CN1CCOCC1)NCCc1nccs1. The third-order valence-corrected chi connectivity index (χ3v) is 3.45. The Kier molecular flexibility index (Phi) is 4.90. The molecule has 0 spiro atoms. The molecule has 1 aromatic heterocycles. The molecule has 0 saturated carbocycles. The third-order valence-electron chi connectivity index (χ3n) is 2.62. The summed E-state index contributed by atoms with van der Waals surface area (Å²) in [6, 6.07) is 0. The summed E-state index contributed by atoms with van der Waals surface area (Å²) < 4.78 is 5.23. The standard InChI is InChI=1S/C11H17N3O2S/c15-10(9-14-4-6-16-7-5-14)12-2-1-11-13-3-8-17-11/h3,8H,1-2,4-7,9H2,(H,12,15). The van der Waals surface area contributed by atoms with Crippen LogP contribution in [0.2, 0.25) is 0 Å². The van der Waals surface area contributed by atoms with Gasteiger partial charge in [-0.3, -0.25) is 9.69 Å². The average Bonchev–Trinajstić information content (AvgIpc) is 2.83. The number of rotatable bonds is 5. The van der Waals surface area contributed by atoms with Crippen LogP contribution in [0, 0.1) is 0 Å². The molecule has 2 heterocycles. The first-order valence-corrected chi connectivity index (χ1v) is 6.68. The lowest BCUT2D eigenvalue weighted by atomic mass is 10.4. The van der Waals surface area contributed by atoms with Crippen LogP contribution >= 0.6 is 11.3 Å². The van der Waals surface area contributed by atoms with Crippen LogP contribution in [0.3, 0.4) is 0 Å². The molecular weight excluding hydrogens is 238 g/mol. The van der Waals surface area contributed by atoms with Gasteiger partial charge in [0.15, 0.2) is 0 Å². The van der Waals surface area contributed by atoms with Gasteiger partial charge in [0.2, 0.25) is 5.91 Å². The van der Waals surface area contributed by atoms with Gasteiger partial charge in [0.25, 0.3) is 0 Å². The Morgan fingerprint density at radius 3 is 3.06 bits per heavy atom. The number of hydrogen-bond acceptors (Lipinski definition) is 5. The van der Waals surface area contributed by atoms with Crippen molar-refractivity contribution in [2.45, 2.75) is 6.42 Å². The molecule has 2 rings (SSSR count). The van der Waals surface area contributed by atoms with Gasteiger partial charge in [-0.25, -0.2) is 4.98 Å². The maximum absolute atomic E-state index is 11.6. The van der Waals surface area contributed by atoms with Crippen molar-refractivity contribution >= 4 is 17.2 Å². The van der Waals surface area contributed by atoms with Crippen LogP contribution in [-0.2, 0) is 16.0 Å². The number of nitrogens with zero attached hydrogens (tertiary/aromatic N) is 2. The van der Waals surface area contributed by atoms with Crippen molar-refractivity contribution in [1.29, 1.82) is 0 Å². The summed E-state index contributed by atoms with van der Waals surface area (Å²) >= 11 is 1.62. The summed E-state index contributed by atoms with van der Waals surface area (Å²) in [5.41, 5.74) is 0. The van der Waals surface area contributed by atoms with Crippen LogP contribution in [0.1, 0.15) is 5.01 Å². The smallest absolute Gasteiger partial charge is 0.234 e. The molecule has 1 aromatic rings. The van der Waals surface area contributed by atoms with Gasteiger partial charge in [0, 0.05) is 37.6 Å². The summed E-state index contributed by atoms with van der Waals surface area (Å²) in [4.78, 5) is 17.9. The summed E-state index contributed by atoms with van der Waals surface area (Å²) in [6.45, 7) is 4.29. The maximum Gasteiger partial charge on any atom is 0.234 e. The first-order chi connectivity index (χ1) is 8.34. The van der Waals surface area contributed by atoms with Gasteiger partial charge in [-0.05, 0) is 0 Å². The number of amides is 1. The van der Waals surface area contributed by atoms with Crippen LogP contribution < -0.4 is 5.32 Å². The van der Waals surface area contributed by atoms with Gasteiger partial charge in [0.1, 0.15) is 0 Å². The van der Waals surface area contributed by atoms with Crippen LogP contribution in [0.4, 0.5) is 0 Å². The van der Waals surface area contributed by atoms with Gasteiger partial charge in [-0.2, -0.15) is 0 Å². The highest BCUT2D eigenvalue weighted by atomic mass is 32.1. The second-order valence-electron chi connectivity index (χ2n) is 3.91. The fourth-order valence-corrected chi connectivity index (χ4v) is 2.32. The van der Waals surface area contributed by atoms with E-state index in [9.17, 15) is 4.79 Å². The number of morpholine rings is 1. The van der Waals surface area contributed by atoms with E-state index in [0.717, 1.165) is 37.7 Å². The molecule has 1 saturated heterocycles. The number of nitrogens with one attached hydrogen (secondary N) is 1. The predicted octanol–water partition coefficient (Wildman–Crippen LogP) is 0.134.